The number of nitrogens with zero attached hydrogens (tertiary/aromatic N) is 3. The Morgan fingerprint density at radius 3 is 2.67 bits per heavy atom. The van der Waals surface area contributed by atoms with E-state index in [9.17, 15) is 18.0 Å². The second kappa shape index (κ2) is 7.66. The SMILES string of the molecule is N#Cc1cc(-c2ccc(OCCN3CCCC3=O)c(C(F)(F)F)c2)ccn1. The highest BCUT2D eigenvalue weighted by Gasteiger charge is 2.35. The molecule has 140 valence electrons. The lowest BCUT2D eigenvalue weighted by Gasteiger charge is -2.18. The minimum atomic E-state index is -4.60. The fraction of sp³-hybridized carbons (Fsp3) is 0.316. The molecule has 0 spiro atoms. The molecule has 0 bridgehead atoms. The van der Waals surface area contributed by atoms with Crippen LogP contribution in [-0.4, -0.2) is 35.5 Å². The van der Waals surface area contributed by atoms with Crippen molar-refractivity contribution in [2.75, 3.05) is 19.7 Å². The number of likely N-dealkylation sites (tertiary alicyclic amines) is 1. The van der Waals surface area contributed by atoms with Crippen molar-refractivity contribution in [2.45, 2.75) is 19.0 Å². The zero-order chi connectivity index (χ0) is 19.4. The van der Waals surface area contributed by atoms with Crippen molar-refractivity contribution in [3.8, 4) is 22.9 Å². The molecule has 0 radical (unpaired) electrons. The van der Waals surface area contributed by atoms with Gasteiger partial charge in [-0.3, -0.25) is 4.79 Å². The quantitative estimate of drug-likeness (QED) is 0.800. The number of alkyl halides is 3. The van der Waals surface area contributed by atoms with Gasteiger partial charge in [0, 0.05) is 19.2 Å². The van der Waals surface area contributed by atoms with Gasteiger partial charge in [0.25, 0.3) is 0 Å². The van der Waals surface area contributed by atoms with E-state index in [4.69, 9.17) is 10.00 Å². The average molecular weight is 375 g/mol. The smallest absolute Gasteiger partial charge is 0.419 e. The molecule has 8 heteroatoms. The third-order valence-electron chi connectivity index (χ3n) is 4.28. The number of hydrogen-bond donors (Lipinski definition) is 0. The van der Waals surface area contributed by atoms with Crippen LogP contribution in [0, 0.1) is 11.3 Å². The number of carbonyl (C=O) groups is 1. The van der Waals surface area contributed by atoms with Gasteiger partial charge in [0.15, 0.2) is 0 Å². The van der Waals surface area contributed by atoms with Crippen molar-refractivity contribution in [1.29, 1.82) is 5.26 Å². The molecule has 0 unspecified atom stereocenters. The Morgan fingerprint density at radius 2 is 2.00 bits per heavy atom. The predicted octanol–water partition coefficient (Wildman–Crippen LogP) is 3.64. The third-order valence-corrected chi connectivity index (χ3v) is 4.28. The number of halogens is 3. The first-order chi connectivity index (χ1) is 12.9. The van der Waals surface area contributed by atoms with E-state index in [-0.39, 0.29) is 30.5 Å². The summed E-state index contributed by atoms with van der Waals surface area (Å²) in [4.78, 5) is 17.0. The monoisotopic (exact) mass is 375 g/mol. The summed E-state index contributed by atoms with van der Waals surface area (Å²) in [5.41, 5.74) is -0.00991. The molecule has 5 nitrogen and oxygen atoms in total. The summed E-state index contributed by atoms with van der Waals surface area (Å²) in [6, 6.07) is 8.58. The van der Waals surface area contributed by atoms with Crippen molar-refractivity contribution in [2.24, 2.45) is 0 Å². The number of pyridine rings is 1. The second-order valence-electron chi connectivity index (χ2n) is 6.08. The van der Waals surface area contributed by atoms with E-state index in [0.717, 1.165) is 12.5 Å². The maximum absolute atomic E-state index is 13.5. The Balaban J connectivity index is 1.82. The molecule has 1 aromatic carbocycles. The number of benzene rings is 1. The Hall–Kier alpha value is -3.08. The highest BCUT2D eigenvalue weighted by atomic mass is 19.4. The van der Waals surface area contributed by atoms with Crippen molar-refractivity contribution in [1.82, 2.24) is 9.88 Å². The van der Waals surface area contributed by atoms with Crippen LogP contribution in [0.5, 0.6) is 5.75 Å². The predicted molar refractivity (Wildman–Crippen MR) is 90.7 cm³/mol. The van der Waals surface area contributed by atoms with Crippen LogP contribution in [0.25, 0.3) is 11.1 Å². The van der Waals surface area contributed by atoms with Crippen LogP contribution in [0.4, 0.5) is 13.2 Å². The molecular formula is C19H16F3N3O2. The summed E-state index contributed by atoms with van der Waals surface area (Å²) >= 11 is 0. The number of nitriles is 1. The number of amides is 1. The zero-order valence-electron chi connectivity index (χ0n) is 14.3. The van der Waals surface area contributed by atoms with Crippen LogP contribution in [0.2, 0.25) is 0 Å². The first-order valence-corrected chi connectivity index (χ1v) is 8.37. The molecule has 2 heterocycles. The van der Waals surface area contributed by atoms with Gasteiger partial charge in [0.2, 0.25) is 5.91 Å². The maximum Gasteiger partial charge on any atom is 0.419 e. The molecule has 0 atom stereocenters. The lowest BCUT2D eigenvalue weighted by Crippen LogP contribution is -2.29. The van der Waals surface area contributed by atoms with Gasteiger partial charge in [-0.05, 0) is 41.8 Å². The molecule has 1 aliphatic rings. The van der Waals surface area contributed by atoms with Crippen molar-refractivity contribution < 1.29 is 22.7 Å². The lowest BCUT2D eigenvalue weighted by atomic mass is 10.0. The summed E-state index contributed by atoms with van der Waals surface area (Å²) in [7, 11) is 0. The summed E-state index contributed by atoms with van der Waals surface area (Å²) in [6.07, 6.45) is -1.99. The average Bonchev–Trinajstić information content (AvgIpc) is 3.06. The van der Waals surface area contributed by atoms with Crippen LogP contribution in [0.1, 0.15) is 24.1 Å². The summed E-state index contributed by atoms with van der Waals surface area (Å²) in [6.45, 7) is 0.853. The van der Waals surface area contributed by atoms with Crippen LogP contribution < -0.4 is 4.74 Å². The van der Waals surface area contributed by atoms with E-state index in [1.807, 2.05) is 6.07 Å². The van der Waals surface area contributed by atoms with Gasteiger partial charge in [-0.2, -0.15) is 18.4 Å². The fourth-order valence-electron chi connectivity index (χ4n) is 2.93. The molecule has 1 aromatic heterocycles. The topological polar surface area (TPSA) is 66.2 Å². The molecule has 2 aromatic rings. The Morgan fingerprint density at radius 1 is 1.22 bits per heavy atom. The minimum Gasteiger partial charge on any atom is -0.491 e. The van der Waals surface area contributed by atoms with Crippen molar-refractivity contribution >= 4 is 5.91 Å². The van der Waals surface area contributed by atoms with E-state index in [1.165, 1.54) is 30.5 Å². The van der Waals surface area contributed by atoms with E-state index in [1.54, 1.807) is 4.90 Å². The highest BCUT2D eigenvalue weighted by Crippen LogP contribution is 2.38. The zero-order valence-corrected chi connectivity index (χ0v) is 14.3. The fourth-order valence-corrected chi connectivity index (χ4v) is 2.93. The van der Waals surface area contributed by atoms with Crippen LogP contribution in [-0.2, 0) is 11.0 Å². The van der Waals surface area contributed by atoms with Gasteiger partial charge in [0.1, 0.15) is 24.1 Å². The van der Waals surface area contributed by atoms with E-state index >= 15 is 0 Å². The molecule has 1 amide bonds. The first-order valence-electron chi connectivity index (χ1n) is 8.37. The summed E-state index contributed by atoms with van der Waals surface area (Å²) in [5, 5.41) is 8.90. The van der Waals surface area contributed by atoms with E-state index in [2.05, 4.69) is 4.98 Å². The van der Waals surface area contributed by atoms with Crippen LogP contribution in [0.15, 0.2) is 36.5 Å². The minimum absolute atomic E-state index is 0.00373. The summed E-state index contributed by atoms with van der Waals surface area (Å²) in [5.74, 6) is -0.288. The van der Waals surface area contributed by atoms with Gasteiger partial charge in [-0.1, -0.05) is 6.07 Å². The lowest BCUT2D eigenvalue weighted by molar-refractivity contribution is -0.139. The van der Waals surface area contributed by atoms with E-state index < -0.39 is 11.7 Å². The largest absolute Gasteiger partial charge is 0.491 e. The standard InChI is InChI=1S/C19H16F3N3O2/c20-19(21,22)16-11-13(14-5-6-24-15(10-14)12-23)3-4-17(16)27-9-8-25-7-1-2-18(25)26/h3-6,10-11H,1-2,7-9H2. The van der Waals surface area contributed by atoms with Gasteiger partial charge < -0.3 is 9.64 Å². The van der Waals surface area contributed by atoms with Crippen LogP contribution in [0.3, 0.4) is 0 Å². The van der Waals surface area contributed by atoms with Crippen molar-refractivity contribution in [3.63, 3.8) is 0 Å². The molecule has 0 saturated carbocycles. The normalized spacial score (nSPS) is 14.3. The number of ether oxygens (including phenoxy) is 1. The highest BCUT2D eigenvalue weighted by molar-refractivity contribution is 5.78. The van der Waals surface area contributed by atoms with Gasteiger partial charge in [-0.15, -0.1) is 0 Å². The molecule has 3 rings (SSSR count). The summed E-state index contributed by atoms with van der Waals surface area (Å²) < 4.78 is 45.7. The van der Waals surface area contributed by atoms with E-state index in [0.29, 0.717) is 24.1 Å². The number of aromatic nitrogens is 1. The molecule has 1 fully saturated rings. The third kappa shape index (κ3) is 4.37. The maximum atomic E-state index is 13.5. The molecular weight excluding hydrogens is 359 g/mol. The molecule has 1 saturated heterocycles. The number of rotatable bonds is 5. The Labute approximate surface area is 154 Å². The molecule has 27 heavy (non-hydrogen) atoms. The van der Waals surface area contributed by atoms with Gasteiger partial charge in [0.05, 0.1) is 12.1 Å². The van der Waals surface area contributed by atoms with Crippen molar-refractivity contribution in [3.05, 3.63) is 47.8 Å². The molecule has 1 aliphatic heterocycles. The Bertz CT molecular complexity index is 890. The number of hydrogen-bond acceptors (Lipinski definition) is 4. The first kappa shape index (κ1) is 18.7. The number of carbonyl (C=O) groups excluding carboxylic acids is 1. The molecule has 0 N–H and O–H groups in total. The second-order valence-corrected chi connectivity index (χ2v) is 6.08. The molecule has 0 aliphatic carbocycles. The van der Waals surface area contributed by atoms with Gasteiger partial charge in [-0.25, -0.2) is 4.98 Å². The Kier molecular flexibility index (Phi) is 5.31. The van der Waals surface area contributed by atoms with Gasteiger partial charge >= 0.3 is 6.18 Å². The van der Waals surface area contributed by atoms with Crippen LogP contribution >= 0.6 is 0 Å².